The van der Waals surface area contributed by atoms with Gasteiger partial charge >= 0.3 is 5.97 Å². The normalized spacial score (nSPS) is 14.8. The second-order valence-corrected chi connectivity index (χ2v) is 16.7. The minimum absolute atomic E-state index is 0.109. The summed E-state index contributed by atoms with van der Waals surface area (Å²) in [6, 6.07) is 11.5. The predicted octanol–water partition coefficient (Wildman–Crippen LogP) is 8.04. The smallest absolute Gasteiger partial charge is 0.355 e. The molecule has 1 aliphatic heterocycles. The van der Waals surface area contributed by atoms with E-state index >= 15 is 0 Å². The number of nitro groups is 1. The maximum absolute atomic E-state index is 13.3. The number of carbonyl (C=O) groups is 2. The van der Waals surface area contributed by atoms with E-state index in [9.17, 15) is 56.8 Å². The Kier molecular flexibility index (Phi) is 16.3. The lowest BCUT2D eigenvalue weighted by Crippen LogP contribution is -2.33. The molecule has 5 aromatic carbocycles. The number of amides is 1. The van der Waals surface area contributed by atoms with Gasteiger partial charge in [-0.3, -0.25) is 19.5 Å². The molecule has 1 heterocycles. The fraction of sp³-hybridized carbons (Fsp3) is 0.0312. The highest BCUT2D eigenvalue weighted by Crippen LogP contribution is 2.51. The maximum atomic E-state index is 13.3. The van der Waals surface area contributed by atoms with Gasteiger partial charge in [0.2, 0.25) is 6.04 Å². The number of phenolic OH excluding ortho intramolecular Hbond substituents is 2. The van der Waals surface area contributed by atoms with E-state index in [-0.39, 0.29) is 56.3 Å². The number of carboxylic acid groups (broad SMARTS) is 1. The van der Waals surface area contributed by atoms with Crippen LogP contribution in [0.15, 0.2) is 133 Å². The number of nitro benzene ring substituents is 1. The van der Waals surface area contributed by atoms with Crippen molar-refractivity contribution in [2.45, 2.75) is 30.5 Å². The first-order valence-corrected chi connectivity index (χ1v) is 21.7. The van der Waals surface area contributed by atoms with E-state index in [2.05, 4.69) is 63.9 Å². The molecule has 2 unspecified atom stereocenters. The van der Waals surface area contributed by atoms with E-state index in [1.165, 1.54) is 24.3 Å². The van der Waals surface area contributed by atoms with Gasteiger partial charge in [0, 0.05) is 17.0 Å². The molecule has 1 aliphatic rings. The molecule has 0 aromatic heterocycles. The molecule has 0 aliphatic carbocycles. The SMILES string of the molecule is O=C(O)C1=NN(c2ccc(SOOO)cc2)C(=O)C1N=Nc1ccc(N=Nc2c(SOOO)cc3cc(S(=O)(=O)O)c(N=Nc4ccc([N+](=O)[O-])cc4SOOO)c(O)c3c2O)c(S(=O)O)c1. The standard InChI is InChI=1S/C32H21N9O21S5/c42-29-24-13(10-23(67(54,55)56)26(30(24)43)37-34-18-8-4-16(41(47)48)12-20(18)64-61-58-50)9-21(65-62-59-51)25(29)36-35-19-7-1-14(11-22(19)66(52)53)33-38-27-28(32(45)46)39-40(31(27)44)15-2-5-17(6-3-15)63-60-57-49/h1-12,27,42-43,49-51H,(H,45,46)(H,52,53)(H,54,55,56). The minimum Gasteiger partial charge on any atom is -0.505 e. The lowest BCUT2D eigenvalue weighted by atomic mass is 10.1. The summed E-state index contributed by atoms with van der Waals surface area (Å²) in [6.07, 6.45) is 0. The zero-order valence-electron chi connectivity index (χ0n) is 32.0. The number of benzene rings is 5. The molecule has 5 aromatic rings. The van der Waals surface area contributed by atoms with Crippen molar-refractivity contribution in [1.82, 2.24) is 0 Å². The summed E-state index contributed by atoms with van der Waals surface area (Å²) < 4.78 is 70.9. The molecule has 0 bridgehead atoms. The highest BCUT2D eigenvalue weighted by molar-refractivity contribution is 7.95. The van der Waals surface area contributed by atoms with Crippen LogP contribution < -0.4 is 5.01 Å². The summed E-state index contributed by atoms with van der Waals surface area (Å²) in [5, 5.41) is 107. The van der Waals surface area contributed by atoms with E-state index in [0.29, 0.717) is 23.0 Å². The third kappa shape index (κ3) is 11.5. The molecular formula is C32H21N9O21S5. The van der Waals surface area contributed by atoms with Gasteiger partial charge in [0.1, 0.15) is 27.6 Å². The van der Waals surface area contributed by atoms with E-state index in [1.807, 2.05) is 0 Å². The number of fused-ring (bicyclic) bond motifs is 1. The highest BCUT2D eigenvalue weighted by atomic mass is 32.2. The molecule has 0 saturated carbocycles. The van der Waals surface area contributed by atoms with E-state index in [0.717, 1.165) is 47.5 Å². The van der Waals surface area contributed by atoms with Crippen LogP contribution in [0.5, 0.6) is 11.5 Å². The van der Waals surface area contributed by atoms with Gasteiger partial charge in [0.05, 0.1) is 72.5 Å². The van der Waals surface area contributed by atoms with Crippen molar-refractivity contribution in [3.05, 3.63) is 82.9 Å². The van der Waals surface area contributed by atoms with Gasteiger partial charge in [-0.1, -0.05) is 15.1 Å². The monoisotopic (exact) mass is 1030 g/mol. The molecule has 35 heteroatoms. The molecule has 0 fully saturated rings. The fourth-order valence-corrected chi connectivity index (χ4v) is 7.98. The molecule has 0 saturated heterocycles. The Morgan fingerprint density at radius 1 is 0.806 bits per heavy atom. The molecule has 30 nitrogen and oxygen atoms in total. The first kappa shape index (κ1) is 49.9. The topological polar surface area (TPSA) is 435 Å². The van der Waals surface area contributed by atoms with Gasteiger partial charge in [0.25, 0.3) is 21.7 Å². The van der Waals surface area contributed by atoms with Crippen molar-refractivity contribution in [3.8, 4) is 11.5 Å². The Labute approximate surface area is 385 Å². The average molecular weight is 1030 g/mol. The Morgan fingerprint density at radius 2 is 1.42 bits per heavy atom. The van der Waals surface area contributed by atoms with Crippen LogP contribution in [0.2, 0.25) is 0 Å². The molecule has 350 valence electrons. The number of aliphatic carboxylic acids is 1. The zero-order chi connectivity index (χ0) is 48.6. The molecule has 67 heavy (non-hydrogen) atoms. The molecule has 2 atom stereocenters. The Bertz CT molecular complexity index is 3040. The predicted molar refractivity (Wildman–Crippen MR) is 223 cm³/mol. The van der Waals surface area contributed by atoms with Crippen molar-refractivity contribution in [3.63, 3.8) is 0 Å². The van der Waals surface area contributed by atoms with Crippen molar-refractivity contribution < 1.29 is 95.5 Å². The second kappa shape index (κ2) is 21.9. The number of phenols is 2. The minimum atomic E-state index is -5.29. The number of carboxylic acids is 1. The van der Waals surface area contributed by atoms with Gasteiger partial charge in [-0.05, 0) is 66.0 Å². The third-order valence-corrected chi connectivity index (χ3v) is 11.7. The fourth-order valence-electron chi connectivity index (χ4n) is 5.49. The molecular weight excluding hydrogens is 1010 g/mol. The summed E-state index contributed by atoms with van der Waals surface area (Å²) in [5.41, 5.74) is -3.68. The number of non-ortho nitro benzene ring substituents is 1. The number of anilines is 1. The Morgan fingerprint density at radius 3 is 2.04 bits per heavy atom. The number of hydrazone groups is 1. The van der Waals surface area contributed by atoms with Crippen molar-refractivity contribution in [1.29, 1.82) is 0 Å². The molecule has 6 rings (SSSR count). The van der Waals surface area contributed by atoms with Gasteiger partial charge in [-0.15, -0.1) is 33.5 Å². The maximum Gasteiger partial charge on any atom is 0.355 e. The van der Waals surface area contributed by atoms with Gasteiger partial charge in [-0.2, -0.15) is 28.8 Å². The number of carbonyl (C=O) groups excluding carboxylic acids is 1. The van der Waals surface area contributed by atoms with Crippen LogP contribution in [0.25, 0.3) is 10.8 Å². The quantitative estimate of drug-likeness (QED) is 0.00695. The molecule has 0 spiro atoms. The van der Waals surface area contributed by atoms with Crippen LogP contribution in [0.1, 0.15) is 0 Å². The number of rotatable bonds is 20. The van der Waals surface area contributed by atoms with Crippen LogP contribution >= 0.6 is 36.1 Å². The van der Waals surface area contributed by atoms with Crippen molar-refractivity contribution in [2.75, 3.05) is 5.01 Å². The number of hydrogen-bond acceptors (Lipinski definition) is 28. The molecule has 8 N–H and O–H groups in total. The van der Waals surface area contributed by atoms with Crippen molar-refractivity contribution in [2.24, 2.45) is 35.8 Å². The third-order valence-electron chi connectivity index (χ3n) is 8.30. The number of azo groups is 3. The lowest BCUT2D eigenvalue weighted by Gasteiger charge is -2.13. The van der Waals surface area contributed by atoms with Crippen LogP contribution in [-0.2, 0) is 58.9 Å². The van der Waals surface area contributed by atoms with Crippen LogP contribution in [0.4, 0.5) is 39.8 Å². The van der Waals surface area contributed by atoms with Crippen LogP contribution in [0, 0.1) is 10.1 Å². The largest absolute Gasteiger partial charge is 0.505 e. The summed E-state index contributed by atoms with van der Waals surface area (Å²) in [5.74, 6) is -4.76. The first-order valence-electron chi connectivity index (χ1n) is 17.0. The van der Waals surface area contributed by atoms with Crippen LogP contribution in [-0.4, -0.2) is 81.4 Å². The highest BCUT2D eigenvalue weighted by Gasteiger charge is 2.41. The number of hydrogen-bond donors (Lipinski definition) is 8. The summed E-state index contributed by atoms with van der Waals surface area (Å²) in [4.78, 5) is 34.0. The molecule has 1 amide bonds. The average Bonchev–Trinajstić information content (AvgIpc) is 3.63. The second-order valence-electron chi connectivity index (χ2n) is 12.2. The van der Waals surface area contributed by atoms with E-state index in [4.69, 9.17) is 15.8 Å². The van der Waals surface area contributed by atoms with Gasteiger partial charge in [0.15, 0.2) is 28.3 Å². The zero-order valence-corrected chi connectivity index (χ0v) is 36.0. The Balaban J connectivity index is 1.37. The summed E-state index contributed by atoms with van der Waals surface area (Å²) in [7, 11) is -5.29. The van der Waals surface area contributed by atoms with Gasteiger partial charge < -0.3 is 19.9 Å². The van der Waals surface area contributed by atoms with Gasteiger partial charge in [-0.25, -0.2) is 24.8 Å². The van der Waals surface area contributed by atoms with E-state index in [1.54, 1.807) is 0 Å². The number of aromatic hydroxyl groups is 2. The molecule has 0 radical (unpaired) electrons. The lowest BCUT2D eigenvalue weighted by molar-refractivity contribution is -0.432. The van der Waals surface area contributed by atoms with E-state index < -0.39 is 99.2 Å². The summed E-state index contributed by atoms with van der Waals surface area (Å²) >= 11 is -1.93. The Hall–Kier alpha value is -6.52. The van der Waals surface area contributed by atoms with Crippen molar-refractivity contribution >= 4 is 125 Å². The summed E-state index contributed by atoms with van der Waals surface area (Å²) in [6.45, 7) is 0. The first-order chi connectivity index (χ1) is 32.0. The number of nitrogens with zero attached hydrogens (tertiary/aromatic N) is 9. The van der Waals surface area contributed by atoms with Crippen LogP contribution in [0.3, 0.4) is 0 Å².